The van der Waals surface area contributed by atoms with Gasteiger partial charge >= 0.3 is 10.2 Å². The third kappa shape index (κ3) is 3.43. The second kappa shape index (κ2) is 3.75. The summed E-state index contributed by atoms with van der Waals surface area (Å²) in [6.07, 6.45) is 3.00. The minimum atomic E-state index is -3.50. The van der Waals surface area contributed by atoms with Crippen LogP contribution in [0, 0.1) is 0 Å². The predicted molar refractivity (Wildman–Crippen MR) is 49.4 cm³/mol. The smallest absolute Gasteiger partial charge is 0.301 e. The zero-order chi connectivity index (χ0) is 9.90. The molecule has 0 spiro atoms. The van der Waals surface area contributed by atoms with Crippen LogP contribution in [0.3, 0.4) is 0 Å². The monoisotopic (exact) mass is 204 g/mol. The summed E-state index contributed by atoms with van der Waals surface area (Å²) in [4.78, 5) is 6.35. The van der Waals surface area contributed by atoms with Crippen LogP contribution in [0.25, 0.3) is 0 Å². The Balaban J connectivity index is 2.63. The SMILES string of the molecule is CC(C)NS(=O)(=O)Nc1ncc[nH]1. The van der Waals surface area contributed by atoms with E-state index >= 15 is 0 Å². The summed E-state index contributed by atoms with van der Waals surface area (Å²) in [6.45, 7) is 3.47. The molecule has 7 heteroatoms. The van der Waals surface area contributed by atoms with Crippen LogP contribution in [0.15, 0.2) is 12.4 Å². The highest BCUT2D eigenvalue weighted by Crippen LogP contribution is 1.98. The third-order valence-electron chi connectivity index (χ3n) is 1.12. The molecule has 0 fully saturated rings. The average Bonchev–Trinajstić information content (AvgIpc) is 2.34. The van der Waals surface area contributed by atoms with Gasteiger partial charge in [-0.25, -0.2) is 9.71 Å². The zero-order valence-corrected chi connectivity index (χ0v) is 8.22. The number of rotatable bonds is 4. The molecule has 0 saturated carbocycles. The van der Waals surface area contributed by atoms with E-state index in [1.165, 1.54) is 12.4 Å². The summed E-state index contributed by atoms with van der Waals surface area (Å²) in [5.41, 5.74) is 0. The Morgan fingerprint density at radius 1 is 1.54 bits per heavy atom. The van der Waals surface area contributed by atoms with E-state index in [0.29, 0.717) is 0 Å². The minimum Gasteiger partial charge on any atom is -0.330 e. The van der Waals surface area contributed by atoms with E-state index in [1.54, 1.807) is 13.8 Å². The highest BCUT2D eigenvalue weighted by atomic mass is 32.2. The van der Waals surface area contributed by atoms with Gasteiger partial charge in [0.2, 0.25) is 5.95 Å². The largest absolute Gasteiger partial charge is 0.330 e. The molecule has 0 radical (unpaired) electrons. The number of hydrogen-bond donors (Lipinski definition) is 3. The Labute approximate surface area is 77.0 Å². The van der Waals surface area contributed by atoms with Crippen LogP contribution in [0.5, 0.6) is 0 Å². The lowest BCUT2D eigenvalue weighted by Crippen LogP contribution is -2.35. The first-order chi connectivity index (χ1) is 5.99. The van der Waals surface area contributed by atoms with E-state index in [-0.39, 0.29) is 12.0 Å². The predicted octanol–water partition coefficient (Wildman–Crippen LogP) is 0.0644. The van der Waals surface area contributed by atoms with Crippen molar-refractivity contribution in [3.8, 4) is 0 Å². The van der Waals surface area contributed by atoms with E-state index < -0.39 is 10.2 Å². The van der Waals surface area contributed by atoms with Gasteiger partial charge in [0.15, 0.2) is 0 Å². The van der Waals surface area contributed by atoms with Crippen LogP contribution in [0.1, 0.15) is 13.8 Å². The molecular weight excluding hydrogens is 192 g/mol. The van der Waals surface area contributed by atoms with Gasteiger partial charge in [0.05, 0.1) is 0 Å². The Hall–Kier alpha value is -1.08. The van der Waals surface area contributed by atoms with Crippen molar-refractivity contribution in [1.82, 2.24) is 14.7 Å². The van der Waals surface area contributed by atoms with Crippen LogP contribution < -0.4 is 9.44 Å². The first-order valence-corrected chi connectivity index (χ1v) is 5.27. The number of hydrogen-bond acceptors (Lipinski definition) is 3. The molecule has 0 aliphatic carbocycles. The van der Waals surface area contributed by atoms with Crippen molar-refractivity contribution in [1.29, 1.82) is 0 Å². The number of anilines is 1. The van der Waals surface area contributed by atoms with E-state index in [0.717, 1.165) is 0 Å². The minimum absolute atomic E-state index is 0.146. The number of nitrogens with zero attached hydrogens (tertiary/aromatic N) is 1. The van der Waals surface area contributed by atoms with Gasteiger partial charge in [-0.05, 0) is 13.8 Å². The molecule has 0 saturated heterocycles. The molecule has 0 amide bonds. The van der Waals surface area contributed by atoms with E-state index in [2.05, 4.69) is 19.4 Å². The second-order valence-electron chi connectivity index (χ2n) is 2.82. The van der Waals surface area contributed by atoms with Gasteiger partial charge in [-0.3, -0.25) is 0 Å². The summed E-state index contributed by atoms with van der Waals surface area (Å²) in [7, 11) is -3.50. The second-order valence-corrected chi connectivity index (χ2v) is 4.26. The molecule has 0 unspecified atom stereocenters. The molecule has 74 valence electrons. The number of imidazole rings is 1. The maximum atomic E-state index is 11.2. The van der Waals surface area contributed by atoms with Gasteiger partial charge in [0.25, 0.3) is 0 Å². The average molecular weight is 204 g/mol. The molecule has 3 N–H and O–H groups in total. The van der Waals surface area contributed by atoms with Crippen molar-refractivity contribution < 1.29 is 8.42 Å². The van der Waals surface area contributed by atoms with Gasteiger partial charge in [0.1, 0.15) is 0 Å². The van der Waals surface area contributed by atoms with Crippen LogP contribution in [0.2, 0.25) is 0 Å². The summed E-state index contributed by atoms with van der Waals surface area (Å²) in [6, 6.07) is -0.146. The fourth-order valence-electron chi connectivity index (χ4n) is 0.788. The maximum Gasteiger partial charge on any atom is 0.301 e. The molecule has 0 bridgehead atoms. The first-order valence-electron chi connectivity index (χ1n) is 3.79. The maximum absolute atomic E-state index is 11.2. The summed E-state index contributed by atoms with van der Waals surface area (Å²) in [5.74, 6) is 0.202. The van der Waals surface area contributed by atoms with Crippen LogP contribution >= 0.6 is 0 Å². The topological polar surface area (TPSA) is 86.9 Å². The number of aromatic nitrogens is 2. The van der Waals surface area contributed by atoms with Crippen molar-refractivity contribution >= 4 is 16.2 Å². The van der Waals surface area contributed by atoms with E-state index in [4.69, 9.17) is 0 Å². The molecule has 0 aromatic carbocycles. The first kappa shape index (κ1) is 10.0. The van der Waals surface area contributed by atoms with Crippen molar-refractivity contribution in [3.05, 3.63) is 12.4 Å². The fraction of sp³-hybridized carbons (Fsp3) is 0.500. The quantitative estimate of drug-likeness (QED) is 0.648. The lowest BCUT2D eigenvalue weighted by molar-refractivity contribution is 0.575. The van der Waals surface area contributed by atoms with E-state index in [1.807, 2.05) is 0 Å². The fourth-order valence-corrected chi connectivity index (χ4v) is 1.83. The van der Waals surface area contributed by atoms with E-state index in [9.17, 15) is 8.42 Å². The van der Waals surface area contributed by atoms with Gasteiger partial charge in [-0.1, -0.05) is 0 Å². The van der Waals surface area contributed by atoms with Crippen LogP contribution in [-0.4, -0.2) is 24.4 Å². The Kier molecular flexibility index (Phi) is 2.89. The summed E-state index contributed by atoms with van der Waals surface area (Å²) in [5, 5.41) is 0. The van der Waals surface area contributed by atoms with Gasteiger partial charge in [0, 0.05) is 18.4 Å². The molecule has 13 heavy (non-hydrogen) atoms. The molecule has 1 aromatic rings. The zero-order valence-electron chi connectivity index (χ0n) is 7.40. The Bertz CT molecular complexity index is 343. The molecule has 1 heterocycles. The van der Waals surface area contributed by atoms with Crippen molar-refractivity contribution in [2.75, 3.05) is 4.72 Å². The molecule has 1 rings (SSSR count). The van der Waals surface area contributed by atoms with Gasteiger partial charge < -0.3 is 4.98 Å². The van der Waals surface area contributed by atoms with Crippen LogP contribution in [0.4, 0.5) is 5.95 Å². The summed E-state index contributed by atoms with van der Waals surface area (Å²) >= 11 is 0. The Morgan fingerprint density at radius 3 is 2.69 bits per heavy atom. The number of nitrogens with one attached hydrogen (secondary N) is 3. The summed E-state index contributed by atoms with van der Waals surface area (Å²) < 4.78 is 27.0. The Morgan fingerprint density at radius 2 is 2.23 bits per heavy atom. The number of aromatic amines is 1. The highest BCUT2D eigenvalue weighted by molar-refractivity contribution is 7.90. The lowest BCUT2D eigenvalue weighted by Gasteiger charge is -2.08. The molecule has 0 aliphatic heterocycles. The van der Waals surface area contributed by atoms with Gasteiger partial charge in [-0.2, -0.15) is 13.1 Å². The highest BCUT2D eigenvalue weighted by Gasteiger charge is 2.11. The standard InChI is InChI=1S/C6H12N4O2S/c1-5(2)9-13(11,12)10-6-7-3-4-8-6/h3-5,9H,1-2H3,(H2,7,8,10). The molecule has 1 aromatic heterocycles. The normalized spacial score (nSPS) is 11.9. The number of H-pyrrole nitrogens is 1. The third-order valence-corrected chi connectivity index (χ3v) is 2.36. The lowest BCUT2D eigenvalue weighted by atomic mass is 10.4. The molecule has 6 nitrogen and oxygen atoms in total. The van der Waals surface area contributed by atoms with Crippen molar-refractivity contribution in [3.63, 3.8) is 0 Å². The molecule has 0 atom stereocenters. The van der Waals surface area contributed by atoms with Crippen molar-refractivity contribution in [2.24, 2.45) is 0 Å². The van der Waals surface area contributed by atoms with Crippen molar-refractivity contribution in [2.45, 2.75) is 19.9 Å². The van der Waals surface area contributed by atoms with Crippen LogP contribution in [-0.2, 0) is 10.2 Å². The van der Waals surface area contributed by atoms with Gasteiger partial charge in [-0.15, -0.1) is 0 Å². The molecule has 0 aliphatic rings. The molecular formula is C6H12N4O2S.